The first-order valence-electron chi connectivity index (χ1n) is 5.07. The topological polar surface area (TPSA) is 96.4 Å². The molecule has 0 spiro atoms. The van der Waals surface area contributed by atoms with Crippen LogP contribution in [0, 0.1) is 17.5 Å². The molecule has 2 aromatic rings. The molecule has 0 atom stereocenters. The van der Waals surface area contributed by atoms with Crippen molar-refractivity contribution in [3.05, 3.63) is 40.8 Å². The highest BCUT2D eigenvalue weighted by Gasteiger charge is 2.27. The van der Waals surface area contributed by atoms with Crippen LogP contribution >= 0.6 is 11.3 Å². The Kier molecular flexibility index (Phi) is 3.87. The van der Waals surface area contributed by atoms with Crippen LogP contribution in [0.3, 0.4) is 0 Å². The van der Waals surface area contributed by atoms with Gasteiger partial charge in [0.25, 0.3) is 10.0 Å². The summed E-state index contributed by atoms with van der Waals surface area (Å²) in [6.07, 6.45) is 0. The number of aromatic carboxylic acids is 1. The molecule has 0 saturated heterocycles. The molecule has 0 saturated carbocycles. The summed E-state index contributed by atoms with van der Waals surface area (Å²) in [5.74, 6) is -6.67. The fourth-order valence-corrected chi connectivity index (χ4v) is 3.57. The average molecular weight is 338 g/mol. The van der Waals surface area contributed by atoms with Gasteiger partial charge in [0.05, 0.1) is 11.2 Å². The zero-order valence-corrected chi connectivity index (χ0v) is 11.4. The third-order valence-electron chi connectivity index (χ3n) is 2.26. The molecule has 11 heteroatoms. The molecule has 0 amide bonds. The SMILES string of the molecule is O=C(O)c1ncsc1S(=O)(=O)Nc1ccc(F)c(F)c1F. The summed E-state index contributed by atoms with van der Waals surface area (Å²) in [6, 6.07) is 1.20. The molecule has 21 heavy (non-hydrogen) atoms. The minimum absolute atomic E-state index is 0.485. The summed E-state index contributed by atoms with van der Waals surface area (Å²) in [6.45, 7) is 0. The normalized spacial score (nSPS) is 11.4. The number of hydrogen-bond donors (Lipinski definition) is 2. The molecular formula is C10H5F3N2O4S2. The van der Waals surface area contributed by atoms with Crippen LogP contribution in [0.5, 0.6) is 0 Å². The lowest BCUT2D eigenvalue weighted by atomic mass is 10.3. The fourth-order valence-electron chi connectivity index (χ4n) is 1.36. The van der Waals surface area contributed by atoms with Crippen LogP contribution in [0.4, 0.5) is 18.9 Å². The number of thiazole rings is 1. The van der Waals surface area contributed by atoms with E-state index in [2.05, 4.69) is 4.98 Å². The van der Waals surface area contributed by atoms with Gasteiger partial charge >= 0.3 is 5.97 Å². The van der Waals surface area contributed by atoms with E-state index in [0.717, 1.165) is 5.51 Å². The maximum Gasteiger partial charge on any atom is 0.356 e. The second kappa shape index (κ2) is 5.33. The zero-order chi connectivity index (χ0) is 15.8. The molecule has 1 aromatic carbocycles. The summed E-state index contributed by atoms with van der Waals surface area (Å²) >= 11 is 0.485. The summed E-state index contributed by atoms with van der Waals surface area (Å²) in [5.41, 5.74) is -0.631. The Morgan fingerprint density at radius 1 is 1.24 bits per heavy atom. The molecule has 0 aliphatic heterocycles. The molecule has 1 aromatic heterocycles. The molecule has 0 fully saturated rings. The van der Waals surface area contributed by atoms with Gasteiger partial charge in [0.2, 0.25) is 0 Å². The van der Waals surface area contributed by atoms with Gasteiger partial charge in [0, 0.05) is 0 Å². The van der Waals surface area contributed by atoms with Crippen molar-refractivity contribution in [3.63, 3.8) is 0 Å². The monoisotopic (exact) mass is 338 g/mol. The number of hydrogen-bond acceptors (Lipinski definition) is 5. The van der Waals surface area contributed by atoms with Gasteiger partial charge in [-0.2, -0.15) is 0 Å². The number of rotatable bonds is 4. The number of aromatic nitrogens is 1. The van der Waals surface area contributed by atoms with E-state index in [-0.39, 0.29) is 0 Å². The fraction of sp³-hybridized carbons (Fsp3) is 0. The first kappa shape index (κ1) is 15.3. The third-order valence-corrected chi connectivity index (χ3v) is 5.00. The van der Waals surface area contributed by atoms with Crippen molar-refractivity contribution in [2.45, 2.75) is 4.21 Å². The van der Waals surface area contributed by atoms with E-state index in [1.165, 1.54) is 0 Å². The largest absolute Gasteiger partial charge is 0.476 e. The molecule has 0 aliphatic carbocycles. The van der Waals surface area contributed by atoms with Gasteiger partial charge in [0.15, 0.2) is 27.4 Å². The second-order valence-electron chi connectivity index (χ2n) is 3.62. The molecule has 2 N–H and O–H groups in total. The first-order chi connectivity index (χ1) is 9.74. The maximum absolute atomic E-state index is 13.4. The van der Waals surface area contributed by atoms with Crippen molar-refractivity contribution in [1.29, 1.82) is 0 Å². The van der Waals surface area contributed by atoms with Crippen LogP contribution in [-0.4, -0.2) is 24.5 Å². The van der Waals surface area contributed by atoms with Crippen molar-refractivity contribution in [1.82, 2.24) is 4.98 Å². The lowest BCUT2D eigenvalue weighted by Gasteiger charge is -2.08. The van der Waals surface area contributed by atoms with Gasteiger partial charge in [-0.1, -0.05) is 0 Å². The average Bonchev–Trinajstić information content (AvgIpc) is 2.90. The predicted octanol–water partition coefficient (Wildman–Crippen LogP) is 2.06. The highest BCUT2D eigenvalue weighted by atomic mass is 32.2. The van der Waals surface area contributed by atoms with E-state index in [0.29, 0.717) is 23.5 Å². The van der Waals surface area contributed by atoms with E-state index in [4.69, 9.17) is 5.11 Å². The van der Waals surface area contributed by atoms with Crippen molar-refractivity contribution < 1.29 is 31.5 Å². The van der Waals surface area contributed by atoms with Crippen molar-refractivity contribution >= 4 is 33.0 Å². The summed E-state index contributed by atoms with van der Waals surface area (Å²) in [5, 5.41) is 8.79. The van der Waals surface area contributed by atoms with E-state index in [9.17, 15) is 26.4 Å². The van der Waals surface area contributed by atoms with E-state index < -0.39 is 49.0 Å². The van der Waals surface area contributed by atoms with Gasteiger partial charge in [-0.15, -0.1) is 11.3 Å². The molecule has 0 aliphatic rings. The minimum atomic E-state index is -4.50. The second-order valence-corrected chi connectivity index (χ2v) is 6.35. The summed E-state index contributed by atoms with van der Waals surface area (Å²) in [7, 11) is -4.50. The van der Waals surface area contributed by atoms with Crippen molar-refractivity contribution in [2.24, 2.45) is 0 Å². The Hall–Kier alpha value is -2.14. The Balaban J connectivity index is 2.45. The van der Waals surface area contributed by atoms with Crippen LogP contribution in [0.25, 0.3) is 0 Å². The zero-order valence-electron chi connectivity index (χ0n) is 9.80. The number of carboxylic acids is 1. The number of carbonyl (C=O) groups is 1. The first-order valence-corrected chi connectivity index (χ1v) is 7.43. The number of carboxylic acid groups (broad SMARTS) is 1. The van der Waals surface area contributed by atoms with Crippen LogP contribution in [0.15, 0.2) is 21.9 Å². The smallest absolute Gasteiger partial charge is 0.356 e. The third kappa shape index (κ3) is 2.83. The van der Waals surface area contributed by atoms with Crippen LogP contribution < -0.4 is 4.72 Å². The molecule has 2 rings (SSSR count). The number of nitrogens with one attached hydrogen (secondary N) is 1. The van der Waals surface area contributed by atoms with Crippen molar-refractivity contribution in [2.75, 3.05) is 4.72 Å². The predicted molar refractivity (Wildman–Crippen MR) is 66.2 cm³/mol. The Bertz CT molecular complexity index is 820. The summed E-state index contributed by atoms with van der Waals surface area (Å²) in [4.78, 5) is 14.2. The molecule has 0 bridgehead atoms. The van der Waals surface area contributed by atoms with Crippen LogP contribution in [0.1, 0.15) is 10.5 Å². The lowest BCUT2D eigenvalue weighted by Crippen LogP contribution is -2.16. The number of halogens is 3. The van der Waals surface area contributed by atoms with E-state index in [1.54, 1.807) is 4.72 Å². The number of nitrogens with zero attached hydrogens (tertiary/aromatic N) is 1. The van der Waals surface area contributed by atoms with Gasteiger partial charge in [-0.25, -0.2) is 31.4 Å². The molecule has 0 unspecified atom stereocenters. The van der Waals surface area contributed by atoms with Crippen LogP contribution in [-0.2, 0) is 10.0 Å². The van der Waals surface area contributed by atoms with Gasteiger partial charge < -0.3 is 5.11 Å². The maximum atomic E-state index is 13.4. The van der Waals surface area contributed by atoms with Gasteiger partial charge in [-0.3, -0.25) is 4.72 Å². The number of benzene rings is 1. The Morgan fingerprint density at radius 3 is 2.52 bits per heavy atom. The summed E-state index contributed by atoms with van der Waals surface area (Å²) < 4.78 is 64.1. The molecular weight excluding hydrogens is 333 g/mol. The lowest BCUT2D eigenvalue weighted by molar-refractivity contribution is 0.0687. The quantitative estimate of drug-likeness (QED) is 0.832. The molecule has 6 nitrogen and oxygen atoms in total. The number of sulfonamides is 1. The van der Waals surface area contributed by atoms with Gasteiger partial charge in [-0.05, 0) is 12.1 Å². The molecule has 1 heterocycles. The van der Waals surface area contributed by atoms with E-state index >= 15 is 0 Å². The number of anilines is 1. The minimum Gasteiger partial charge on any atom is -0.476 e. The highest BCUT2D eigenvalue weighted by molar-refractivity contribution is 7.94. The highest BCUT2D eigenvalue weighted by Crippen LogP contribution is 2.26. The van der Waals surface area contributed by atoms with Gasteiger partial charge in [0.1, 0.15) is 0 Å². The molecule has 0 radical (unpaired) electrons. The van der Waals surface area contributed by atoms with Crippen LogP contribution in [0.2, 0.25) is 0 Å². The Morgan fingerprint density at radius 2 is 1.90 bits per heavy atom. The molecule has 112 valence electrons. The Labute approximate surface area is 119 Å². The van der Waals surface area contributed by atoms with Crippen molar-refractivity contribution in [3.8, 4) is 0 Å². The van der Waals surface area contributed by atoms with E-state index in [1.807, 2.05) is 0 Å². The standard InChI is InChI=1S/C10H5F3N2O4S2/c11-4-1-2-5(7(13)6(4)12)15-21(18,19)10-8(9(16)17)14-3-20-10/h1-3,15H,(H,16,17).